The predicted octanol–water partition coefficient (Wildman–Crippen LogP) is 1.39. The molecule has 0 fully saturated rings. The molecular weight excluding hydrogens is 156 g/mol. The average molecular weight is 172 g/mol. The molecule has 0 heterocycles. The van der Waals surface area contributed by atoms with Gasteiger partial charge in [-0.05, 0) is 0 Å². The summed E-state index contributed by atoms with van der Waals surface area (Å²) < 4.78 is 9.87. The smallest absolute Gasteiger partial charge is 0.308 e. The number of carbonyl (C=O) groups excluding carboxylic acids is 1. The van der Waals surface area contributed by atoms with Gasteiger partial charge in [0.2, 0.25) is 0 Å². The van der Waals surface area contributed by atoms with Crippen LogP contribution in [0, 0.1) is 5.92 Å². The summed E-state index contributed by atoms with van der Waals surface area (Å²) in [7, 11) is 0. The molecule has 0 spiro atoms. The summed E-state index contributed by atoms with van der Waals surface area (Å²) in [6.07, 6.45) is 1.66. The molecule has 3 nitrogen and oxygen atoms in total. The number of esters is 1. The summed E-state index contributed by atoms with van der Waals surface area (Å²) in [5.41, 5.74) is 0. The van der Waals surface area contributed by atoms with Crippen molar-refractivity contribution >= 4 is 5.97 Å². The molecule has 0 bridgehead atoms. The Bertz CT molecular complexity index is 141. The minimum atomic E-state index is -0.183. The van der Waals surface area contributed by atoms with E-state index in [1.807, 2.05) is 0 Å². The van der Waals surface area contributed by atoms with Gasteiger partial charge >= 0.3 is 5.97 Å². The number of hydrogen-bond acceptors (Lipinski definition) is 3. The molecule has 0 N–H and O–H groups in total. The second-order valence-corrected chi connectivity index (χ2v) is 2.69. The van der Waals surface area contributed by atoms with Crippen molar-refractivity contribution in [2.24, 2.45) is 5.92 Å². The molecule has 0 amide bonds. The molecule has 0 unspecified atom stereocenters. The maximum absolute atomic E-state index is 10.9. The number of hydrogen-bond donors (Lipinski definition) is 0. The molecule has 12 heavy (non-hydrogen) atoms. The van der Waals surface area contributed by atoms with E-state index in [0.29, 0.717) is 19.8 Å². The second-order valence-electron chi connectivity index (χ2n) is 2.69. The van der Waals surface area contributed by atoms with Crippen LogP contribution in [0.15, 0.2) is 12.7 Å². The SMILES string of the molecule is C=CCOCCOC(=O)C(C)C. The highest BCUT2D eigenvalue weighted by Crippen LogP contribution is 1.94. The van der Waals surface area contributed by atoms with Crippen LogP contribution in [0.2, 0.25) is 0 Å². The third-order valence-corrected chi connectivity index (χ3v) is 1.18. The van der Waals surface area contributed by atoms with Crippen LogP contribution in [0.25, 0.3) is 0 Å². The zero-order valence-corrected chi connectivity index (χ0v) is 7.71. The average Bonchev–Trinajstić information content (AvgIpc) is 2.03. The molecule has 0 aromatic heterocycles. The van der Waals surface area contributed by atoms with E-state index in [9.17, 15) is 4.79 Å². The van der Waals surface area contributed by atoms with Crippen LogP contribution in [0.1, 0.15) is 13.8 Å². The molecule has 0 aliphatic rings. The molecule has 0 aromatic carbocycles. The van der Waals surface area contributed by atoms with Gasteiger partial charge in [-0.3, -0.25) is 4.79 Å². The fourth-order valence-electron chi connectivity index (χ4n) is 0.535. The molecule has 0 radical (unpaired) electrons. The largest absolute Gasteiger partial charge is 0.463 e. The molecule has 0 aromatic rings. The van der Waals surface area contributed by atoms with Gasteiger partial charge in [-0.2, -0.15) is 0 Å². The van der Waals surface area contributed by atoms with E-state index in [1.54, 1.807) is 19.9 Å². The van der Waals surface area contributed by atoms with Gasteiger partial charge < -0.3 is 9.47 Å². The third-order valence-electron chi connectivity index (χ3n) is 1.18. The molecule has 0 aliphatic heterocycles. The van der Waals surface area contributed by atoms with E-state index in [-0.39, 0.29) is 11.9 Å². The zero-order chi connectivity index (χ0) is 9.40. The molecule has 70 valence electrons. The van der Waals surface area contributed by atoms with E-state index in [4.69, 9.17) is 9.47 Å². The molecule has 0 saturated heterocycles. The molecule has 0 atom stereocenters. The minimum Gasteiger partial charge on any atom is -0.463 e. The molecule has 0 rings (SSSR count). The Morgan fingerprint density at radius 2 is 2.17 bits per heavy atom. The Hall–Kier alpha value is -0.830. The van der Waals surface area contributed by atoms with Crippen LogP contribution in [-0.4, -0.2) is 25.8 Å². The van der Waals surface area contributed by atoms with Crippen molar-refractivity contribution in [2.45, 2.75) is 13.8 Å². The maximum atomic E-state index is 10.9. The lowest BCUT2D eigenvalue weighted by molar-refractivity contribution is -0.148. The summed E-state index contributed by atoms with van der Waals surface area (Å²) in [4.78, 5) is 10.9. The van der Waals surface area contributed by atoms with Gasteiger partial charge in [-0.25, -0.2) is 0 Å². The van der Waals surface area contributed by atoms with Crippen molar-refractivity contribution in [1.82, 2.24) is 0 Å². The van der Waals surface area contributed by atoms with E-state index in [2.05, 4.69) is 6.58 Å². The van der Waals surface area contributed by atoms with Crippen molar-refractivity contribution in [2.75, 3.05) is 19.8 Å². The lowest BCUT2D eigenvalue weighted by atomic mass is 10.2. The van der Waals surface area contributed by atoms with Gasteiger partial charge in [-0.15, -0.1) is 6.58 Å². The lowest BCUT2D eigenvalue weighted by Crippen LogP contribution is -2.15. The second kappa shape index (κ2) is 6.85. The summed E-state index contributed by atoms with van der Waals surface area (Å²) in [6.45, 7) is 8.34. The minimum absolute atomic E-state index is 0.0654. The molecule has 0 saturated carbocycles. The summed E-state index contributed by atoms with van der Waals surface area (Å²) in [5.74, 6) is -0.249. The van der Waals surface area contributed by atoms with Gasteiger partial charge in [0.05, 0.1) is 19.1 Å². The van der Waals surface area contributed by atoms with Crippen LogP contribution in [0.4, 0.5) is 0 Å². The maximum Gasteiger partial charge on any atom is 0.308 e. The Morgan fingerprint density at radius 1 is 1.50 bits per heavy atom. The molecular formula is C9H16O3. The molecule has 0 aliphatic carbocycles. The standard InChI is InChI=1S/C9H16O3/c1-4-5-11-6-7-12-9(10)8(2)3/h4,8H,1,5-7H2,2-3H3. The van der Waals surface area contributed by atoms with Gasteiger partial charge in [0, 0.05) is 0 Å². The molecule has 3 heteroatoms. The van der Waals surface area contributed by atoms with Crippen LogP contribution >= 0.6 is 0 Å². The van der Waals surface area contributed by atoms with Crippen molar-refractivity contribution in [3.8, 4) is 0 Å². The monoisotopic (exact) mass is 172 g/mol. The summed E-state index contributed by atoms with van der Waals surface area (Å²) in [5, 5.41) is 0. The van der Waals surface area contributed by atoms with Crippen molar-refractivity contribution in [3.05, 3.63) is 12.7 Å². The summed E-state index contributed by atoms with van der Waals surface area (Å²) >= 11 is 0. The van der Waals surface area contributed by atoms with Crippen LogP contribution in [-0.2, 0) is 14.3 Å². The Kier molecular flexibility index (Phi) is 6.38. The Morgan fingerprint density at radius 3 is 2.67 bits per heavy atom. The van der Waals surface area contributed by atoms with Gasteiger partial charge in [-0.1, -0.05) is 19.9 Å². The van der Waals surface area contributed by atoms with Crippen LogP contribution in [0.5, 0.6) is 0 Å². The highest BCUT2D eigenvalue weighted by atomic mass is 16.6. The first-order valence-electron chi connectivity index (χ1n) is 4.03. The normalized spacial score (nSPS) is 9.92. The predicted molar refractivity (Wildman–Crippen MR) is 46.8 cm³/mol. The van der Waals surface area contributed by atoms with Gasteiger partial charge in [0.25, 0.3) is 0 Å². The first-order chi connectivity index (χ1) is 5.68. The fourth-order valence-corrected chi connectivity index (χ4v) is 0.535. The van der Waals surface area contributed by atoms with E-state index < -0.39 is 0 Å². The highest BCUT2D eigenvalue weighted by Gasteiger charge is 2.06. The summed E-state index contributed by atoms with van der Waals surface area (Å²) in [6, 6.07) is 0. The first kappa shape index (κ1) is 11.2. The van der Waals surface area contributed by atoms with Gasteiger partial charge in [0.15, 0.2) is 0 Å². The van der Waals surface area contributed by atoms with Crippen molar-refractivity contribution in [1.29, 1.82) is 0 Å². The van der Waals surface area contributed by atoms with E-state index >= 15 is 0 Å². The number of carbonyl (C=O) groups is 1. The Labute approximate surface area is 73.4 Å². The van der Waals surface area contributed by atoms with E-state index in [1.165, 1.54) is 0 Å². The zero-order valence-electron chi connectivity index (χ0n) is 7.71. The lowest BCUT2D eigenvalue weighted by Gasteiger charge is -2.06. The highest BCUT2D eigenvalue weighted by molar-refractivity contribution is 5.71. The van der Waals surface area contributed by atoms with Crippen molar-refractivity contribution in [3.63, 3.8) is 0 Å². The van der Waals surface area contributed by atoms with Crippen LogP contribution < -0.4 is 0 Å². The topological polar surface area (TPSA) is 35.5 Å². The number of ether oxygens (including phenoxy) is 2. The fraction of sp³-hybridized carbons (Fsp3) is 0.667. The third kappa shape index (κ3) is 5.92. The first-order valence-corrected chi connectivity index (χ1v) is 4.03. The quantitative estimate of drug-likeness (QED) is 0.345. The van der Waals surface area contributed by atoms with Crippen LogP contribution in [0.3, 0.4) is 0 Å². The van der Waals surface area contributed by atoms with Gasteiger partial charge in [0.1, 0.15) is 6.61 Å². The number of rotatable bonds is 6. The van der Waals surface area contributed by atoms with Crippen molar-refractivity contribution < 1.29 is 14.3 Å². The van der Waals surface area contributed by atoms with E-state index in [0.717, 1.165) is 0 Å². The Balaban J connectivity index is 3.19.